The Bertz CT molecular complexity index is 415. The van der Waals surface area contributed by atoms with E-state index in [4.69, 9.17) is 4.74 Å². The third-order valence-corrected chi connectivity index (χ3v) is 2.72. The molecule has 0 amide bonds. The SMILES string of the molecule is C=C(CC(O)C(=O)OCC)c1cccc(Br)c1. The number of aliphatic hydroxyl groups is 1. The first-order valence-electron chi connectivity index (χ1n) is 5.33. The number of esters is 1. The van der Waals surface area contributed by atoms with E-state index in [9.17, 15) is 9.90 Å². The average Bonchev–Trinajstić information content (AvgIpc) is 2.29. The van der Waals surface area contributed by atoms with Gasteiger partial charge in [-0.2, -0.15) is 0 Å². The molecule has 1 unspecified atom stereocenters. The summed E-state index contributed by atoms with van der Waals surface area (Å²) in [6.07, 6.45) is -0.976. The van der Waals surface area contributed by atoms with Gasteiger partial charge in [0, 0.05) is 10.9 Å². The summed E-state index contributed by atoms with van der Waals surface area (Å²) in [5.41, 5.74) is 1.59. The van der Waals surface area contributed by atoms with E-state index in [1.165, 1.54) is 0 Å². The van der Waals surface area contributed by atoms with E-state index < -0.39 is 12.1 Å². The van der Waals surface area contributed by atoms with Crippen molar-refractivity contribution in [1.82, 2.24) is 0 Å². The third-order valence-electron chi connectivity index (χ3n) is 2.23. The number of aliphatic hydroxyl groups excluding tert-OH is 1. The fourth-order valence-corrected chi connectivity index (χ4v) is 1.78. The minimum absolute atomic E-state index is 0.176. The van der Waals surface area contributed by atoms with Crippen molar-refractivity contribution < 1.29 is 14.6 Å². The van der Waals surface area contributed by atoms with Crippen LogP contribution < -0.4 is 0 Å². The number of hydrogen-bond donors (Lipinski definition) is 1. The number of rotatable bonds is 5. The lowest BCUT2D eigenvalue weighted by Gasteiger charge is -2.11. The Hall–Kier alpha value is -1.13. The van der Waals surface area contributed by atoms with Gasteiger partial charge in [0.05, 0.1) is 6.61 Å². The van der Waals surface area contributed by atoms with Crippen molar-refractivity contribution in [3.8, 4) is 0 Å². The Kier molecular flexibility index (Phi) is 5.38. The van der Waals surface area contributed by atoms with Crippen molar-refractivity contribution in [2.75, 3.05) is 6.61 Å². The van der Waals surface area contributed by atoms with Gasteiger partial charge in [-0.1, -0.05) is 34.6 Å². The highest BCUT2D eigenvalue weighted by molar-refractivity contribution is 9.10. The number of carbonyl (C=O) groups excluding carboxylic acids is 1. The Morgan fingerprint density at radius 1 is 1.59 bits per heavy atom. The minimum atomic E-state index is -1.15. The van der Waals surface area contributed by atoms with Gasteiger partial charge in [0.2, 0.25) is 0 Å². The molecule has 0 heterocycles. The maximum Gasteiger partial charge on any atom is 0.335 e. The van der Waals surface area contributed by atoms with Crippen molar-refractivity contribution in [3.63, 3.8) is 0 Å². The number of carbonyl (C=O) groups is 1. The summed E-state index contributed by atoms with van der Waals surface area (Å²) < 4.78 is 5.66. The number of benzene rings is 1. The molecule has 0 bridgehead atoms. The molecule has 0 saturated heterocycles. The van der Waals surface area contributed by atoms with Crippen LogP contribution in [-0.4, -0.2) is 23.8 Å². The second-order valence-corrected chi connectivity index (χ2v) is 4.50. The van der Waals surface area contributed by atoms with E-state index in [0.717, 1.165) is 10.0 Å². The van der Waals surface area contributed by atoms with Gasteiger partial charge < -0.3 is 9.84 Å². The highest BCUT2D eigenvalue weighted by atomic mass is 79.9. The summed E-state index contributed by atoms with van der Waals surface area (Å²) in [5, 5.41) is 9.60. The smallest absolute Gasteiger partial charge is 0.335 e. The molecule has 0 aliphatic rings. The normalized spacial score (nSPS) is 11.9. The van der Waals surface area contributed by atoms with Gasteiger partial charge in [0.15, 0.2) is 6.10 Å². The zero-order chi connectivity index (χ0) is 12.8. The van der Waals surface area contributed by atoms with E-state index >= 15 is 0 Å². The highest BCUT2D eigenvalue weighted by Gasteiger charge is 2.17. The van der Waals surface area contributed by atoms with Crippen LogP contribution in [0.15, 0.2) is 35.3 Å². The van der Waals surface area contributed by atoms with Crippen LogP contribution in [0.4, 0.5) is 0 Å². The summed E-state index contributed by atoms with van der Waals surface area (Å²) in [6, 6.07) is 7.55. The van der Waals surface area contributed by atoms with Crippen molar-refractivity contribution in [1.29, 1.82) is 0 Å². The van der Waals surface area contributed by atoms with Gasteiger partial charge in [-0.05, 0) is 30.2 Å². The molecule has 1 rings (SSSR count). The number of halogens is 1. The Labute approximate surface area is 109 Å². The predicted molar refractivity (Wildman–Crippen MR) is 70.4 cm³/mol. The van der Waals surface area contributed by atoms with E-state index in [-0.39, 0.29) is 13.0 Å². The molecule has 0 aliphatic carbocycles. The molecule has 1 aromatic carbocycles. The molecule has 0 fully saturated rings. The average molecular weight is 299 g/mol. The second kappa shape index (κ2) is 6.57. The largest absolute Gasteiger partial charge is 0.464 e. The molecule has 3 nitrogen and oxygen atoms in total. The quantitative estimate of drug-likeness (QED) is 0.850. The molecular weight excluding hydrogens is 284 g/mol. The Morgan fingerprint density at radius 2 is 2.29 bits per heavy atom. The van der Waals surface area contributed by atoms with Crippen LogP contribution in [0.25, 0.3) is 5.57 Å². The Morgan fingerprint density at radius 3 is 2.88 bits per heavy atom. The molecule has 0 aliphatic heterocycles. The molecule has 1 atom stereocenters. The number of ether oxygens (including phenoxy) is 1. The summed E-state index contributed by atoms with van der Waals surface area (Å²) in [6.45, 7) is 5.83. The first-order chi connectivity index (χ1) is 8.04. The molecule has 0 aromatic heterocycles. The maximum atomic E-state index is 11.3. The fourth-order valence-electron chi connectivity index (χ4n) is 1.38. The van der Waals surface area contributed by atoms with Gasteiger partial charge in [-0.15, -0.1) is 0 Å². The zero-order valence-corrected chi connectivity index (χ0v) is 11.2. The van der Waals surface area contributed by atoms with E-state index in [1.54, 1.807) is 6.92 Å². The number of hydrogen-bond acceptors (Lipinski definition) is 3. The van der Waals surface area contributed by atoms with Crippen LogP contribution in [0.2, 0.25) is 0 Å². The minimum Gasteiger partial charge on any atom is -0.464 e. The maximum absolute atomic E-state index is 11.3. The lowest BCUT2D eigenvalue weighted by atomic mass is 10.0. The zero-order valence-electron chi connectivity index (χ0n) is 9.65. The van der Waals surface area contributed by atoms with Crippen LogP contribution in [0, 0.1) is 0 Å². The molecule has 1 aromatic rings. The topological polar surface area (TPSA) is 46.5 Å². The van der Waals surface area contributed by atoms with Gasteiger partial charge in [-0.25, -0.2) is 4.79 Å². The van der Waals surface area contributed by atoms with Crippen LogP contribution >= 0.6 is 15.9 Å². The van der Waals surface area contributed by atoms with Crippen LogP contribution in [-0.2, 0) is 9.53 Å². The molecule has 92 valence electrons. The van der Waals surface area contributed by atoms with E-state index in [1.807, 2.05) is 24.3 Å². The summed E-state index contributed by atoms with van der Waals surface area (Å²) in [7, 11) is 0. The molecule has 1 N–H and O–H groups in total. The van der Waals surface area contributed by atoms with Crippen molar-refractivity contribution in [2.45, 2.75) is 19.4 Å². The van der Waals surface area contributed by atoms with Gasteiger partial charge in [0.1, 0.15) is 0 Å². The lowest BCUT2D eigenvalue weighted by Crippen LogP contribution is -2.23. The lowest BCUT2D eigenvalue weighted by molar-refractivity contribution is -0.152. The third kappa shape index (κ3) is 4.32. The van der Waals surface area contributed by atoms with Crippen LogP contribution in [0.5, 0.6) is 0 Å². The van der Waals surface area contributed by atoms with Crippen molar-refractivity contribution >= 4 is 27.5 Å². The highest BCUT2D eigenvalue weighted by Crippen LogP contribution is 2.21. The molecule has 17 heavy (non-hydrogen) atoms. The molecule has 4 heteroatoms. The molecule has 0 spiro atoms. The Balaban J connectivity index is 2.63. The first-order valence-corrected chi connectivity index (χ1v) is 6.12. The van der Waals surface area contributed by atoms with Gasteiger partial charge >= 0.3 is 5.97 Å². The van der Waals surface area contributed by atoms with Gasteiger partial charge in [-0.3, -0.25) is 0 Å². The van der Waals surface area contributed by atoms with Crippen LogP contribution in [0.3, 0.4) is 0 Å². The summed E-state index contributed by atoms with van der Waals surface area (Å²) in [5.74, 6) is -0.608. The predicted octanol–water partition coefficient (Wildman–Crippen LogP) is 2.78. The summed E-state index contributed by atoms with van der Waals surface area (Å²) >= 11 is 3.36. The van der Waals surface area contributed by atoms with E-state index in [0.29, 0.717) is 5.57 Å². The van der Waals surface area contributed by atoms with E-state index in [2.05, 4.69) is 22.5 Å². The first kappa shape index (κ1) is 13.9. The fraction of sp³-hybridized carbons (Fsp3) is 0.308. The standard InChI is InChI=1S/C13H15BrO3/c1-3-17-13(16)12(15)7-9(2)10-5-4-6-11(14)8-10/h4-6,8,12,15H,2-3,7H2,1H3. The molecular formula is C13H15BrO3. The van der Waals surface area contributed by atoms with Crippen molar-refractivity contribution in [2.24, 2.45) is 0 Å². The monoisotopic (exact) mass is 298 g/mol. The van der Waals surface area contributed by atoms with Crippen molar-refractivity contribution in [3.05, 3.63) is 40.9 Å². The molecule has 0 saturated carbocycles. The molecule has 0 radical (unpaired) electrons. The van der Waals surface area contributed by atoms with Gasteiger partial charge in [0.25, 0.3) is 0 Å². The van der Waals surface area contributed by atoms with Crippen LogP contribution in [0.1, 0.15) is 18.9 Å². The summed E-state index contributed by atoms with van der Waals surface area (Å²) in [4.78, 5) is 11.3. The second-order valence-electron chi connectivity index (χ2n) is 3.59.